The number of pyridine rings is 1. The number of nitriles is 1. The van der Waals surface area contributed by atoms with E-state index in [0.29, 0.717) is 51.2 Å². The van der Waals surface area contributed by atoms with Crippen LogP contribution in [-0.2, 0) is 11.2 Å². The smallest absolute Gasteiger partial charge is 0.258 e. The van der Waals surface area contributed by atoms with Gasteiger partial charge in [-0.3, -0.25) is 4.79 Å². The van der Waals surface area contributed by atoms with Crippen molar-refractivity contribution in [2.45, 2.75) is 18.9 Å². The van der Waals surface area contributed by atoms with Crippen molar-refractivity contribution >= 4 is 49.8 Å². The fraction of sp³-hybridized carbons (Fsp3) is 0.296. The van der Waals surface area contributed by atoms with Gasteiger partial charge < -0.3 is 18.9 Å². The number of hydrogen-bond acceptors (Lipinski definition) is 7. The highest BCUT2D eigenvalue weighted by atomic mass is 32.2. The monoisotopic (exact) mass is 533 g/mol. The molecule has 0 bridgehead atoms. The first kappa shape index (κ1) is 24.0. The molecule has 37 heavy (non-hydrogen) atoms. The first-order valence-corrected chi connectivity index (χ1v) is 14.4. The second-order valence-corrected chi connectivity index (χ2v) is 12.0. The first-order valence-electron chi connectivity index (χ1n) is 12.1. The summed E-state index contributed by atoms with van der Waals surface area (Å²) in [6, 6.07) is 14.3. The Kier molecular flexibility index (Phi) is 6.15. The lowest BCUT2D eigenvalue weighted by Crippen LogP contribution is -2.40. The summed E-state index contributed by atoms with van der Waals surface area (Å²) in [7, 11) is 1.89. The van der Waals surface area contributed by atoms with Gasteiger partial charge in [0.1, 0.15) is 34.0 Å². The molecule has 4 aromatic rings. The topological polar surface area (TPSA) is 88.2 Å². The SMILES string of the molecule is CN(c1nc(-c2ccc(F)cc2)c(C#N)s1)c1cn(C2CC2)c(=O)c2ccc(N3CC[S+]([O-])CC3)cc12. The molecule has 6 rings (SSSR count). The Balaban J connectivity index is 1.47. The molecule has 0 unspecified atom stereocenters. The lowest BCUT2D eigenvalue weighted by Gasteiger charge is -2.30. The zero-order valence-corrected chi connectivity index (χ0v) is 21.8. The average Bonchev–Trinajstić information content (AvgIpc) is 3.67. The highest BCUT2D eigenvalue weighted by molar-refractivity contribution is 7.91. The summed E-state index contributed by atoms with van der Waals surface area (Å²) in [4.78, 5) is 22.7. The summed E-state index contributed by atoms with van der Waals surface area (Å²) >= 11 is 0.486. The summed E-state index contributed by atoms with van der Waals surface area (Å²) in [6.45, 7) is 1.42. The van der Waals surface area contributed by atoms with Gasteiger partial charge in [-0.15, -0.1) is 0 Å². The van der Waals surface area contributed by atoms with Gasteiger partial charge in [0.2, 0.25) is 0 Å². The Morgan fingerprint density at radius 1 is 1.16 bits per heavy atom. The van der Waals surface area contributed by atoms with Crippen LogP contribution in [0.1, 0.15) is 23.8 Å². The van der Waals surface area contributed by atoms with Gasteiger partial charge in [0.25, 0.3) is 5.56 Å². The van der Waals surface area contributed by atoms with Gasteiger partial charge >= 0.3 is 0 Å². The van der Waals surface area contributed by atoms with Gasteiger partial charge in [-0.2, -0.15) is 5.26 Å². The first-order chi connectivity index (χ1) is 17.9. The van der Waals surface area contributed by atoms with Gasteiger partial charge in [0.15, 0.2) is 5.13 Å². The van der Waals surface area contributed by atoms with E-state index in [1.54, 1.807) is 12.1 Å². The van der Waals surface area contributed by atoms with Gasteiger partial charge in [-0.25, -0.2) is 9.37 Å². The van der Waals surface area contributed by atoms with Gasteiger partial charge in [0, 0.05) is 41.3 Å². The minimum atomic E-state index is -0.779. The molecule has 10 heteroatoms. The number of nitrogens with zero attached hydrogens (tertiary/aromatic N) is 5. The van der Waals surface area contributed by atoms with E-state index in [1.165, 1.54) is 23.5 Å². The third-order valence-electron chi connectivity index (χ3n) is 6.97. The highest BCUT2D eigenvalue weighted by Crippen LogP contribution is 2.40. The molecule has 188 valence electrons. The number of hydrogen-bond donors (Lipinski definition) is 0. The van der Waals surface area contributed by atoms with Crippen LogP contribution in [0.15, 0.2) is 53.5 Å². The molecule has 1 saturated heterocycles. The van der Waals surface area contributed by atoms with Gasteiger partial charge in [0.05, 0.1) is 18.8 Å². The summed E-state index contributed by atoms with van der Waals surface area (Å²) in [6.07, 6.45) is 3.85. The molecule has 0 spiro atoms. The molecule has 1 aliphatic heterocycles. The number of halogens is 1. The minimum Gasteiger partial charge on any atom is -0.616 e. The third kappa shape index (κ3) is 4.48. The van der Waals surface area contributed by atoms with Crippen molar-refractivity contribution in [2.24, 2.45) is 0 Å². The van der Waals surface area contributed by atoms with Crippen molar-refractivity contribution in [1.29, 1.82) is 5.26 Å². The highest BCUT2D eigenvalue weighted by Gasteiger charge is 2.28. The Labute approximate surface area is 220 Å². The zero-order valence-electron chi connectivity index (χ0n) is 20.2. The van der Waals surface area contributed by atoms with E-state index in [2.05, 4.69) is 11.0 Å². The minimum absolute atomic E-state index is 0.00944. The summed E-state index contributed by atoms with van der Waals surface area (Å²) < 4.78 is 27.2. The van der Waals surface area contributed by atoms with E-state index in [1.807, 2.05) is 40.9 Å². The number of fused-ring (bicyclic) bond motifs is 1. The van der Waals surface area contributed by atoms with Crippen LogP contribution in [0.3, 0.4) is 0 Å². The molecule has 2 aromatic carbocycles. The number of thiazole rings is 1. The van der Waals surface area contributed by atoms with Gasteiger partial charge in [-0.05, 0) is 55.3 Å². The van der Waals surface area contributed by atoms with Crippen molar-refractivity contribution < 1.29 is 8.94 Å². The van der Waals surface area contributed by atoms with Crippen molar-refractivity contribution in [3.63, 3.8) is 0 Å². The molecular formula is C27H24FN5O2S2. The molecule has 7 nitrogen and oxygen atoms in total. The predicted molar refractivity (Wildman–Crippen MR) is 147 cm³/mol. The molecule has 2 aliphatic rings. The molecule has 1 saturated carbocycles. The number of benzene rings is 2. The third-order valence-corrected chi connectivity index (χ3v) is 9.28. The maximum Gasteiger partial charge on any atom is 0.258 e. The molecule has 2 aromatic heterocycles. The molecule has 2 fully saturated rings. The summed E-state index contributed by atoms with van der Waals surface area (Å²) in [5, 5.41) is 11.8. The van der Waals surface area contributed by atoms with Gasteiger partial charge in [-0.1, -0.05) is 22.5 Å². The maximum absolute atomic E-state index is 13.5. The van der Waals surface area contributed by atoms with Crippen molar-refractivity contribution in [2.75, 3.05) is 41.4 Å². The average molecular weight is 534 g/mol. The molecule has 0 amide bonds. The Morgan fingerprint density at radius 2 is 1.89 bits per heavy atom. The van der Waals surface area contributed by atoms with Crippen LogP contribution in [0, 0.1) is 17.1 Å². The van der Waals surface area contributed by atoms with E-state index in [-0.39, 0.29) is 17.4 Å². The number of rotatable bonds is 5. The summed E-state index contributed by atoms with van der Waals surface area (Å²) in [5.74, 6) is 0.923. The van der Waals surface area contributed by atoms with Crippen LogP contribution >= 0.6 is 11.3 Å². The van der Waals surface area contributed by atoms with E-state index in [4.69, 9.17) is 4.98 Å². The number of aromatic nitrogens is 2. The molecule has 0 N–H and O–H groups in total. The summed E-state index contributed by atoms with van der Waals surface area (Å²) in [5.41, 5.74) is 2.99. The molecule has 1 aliphatic carbocycles. The zero-order chi connectivity index (χ0) is 25.7. The van der Waals surface area contributed by atoms with Crippen molar-refractivity contribution in [3.05, 3.63) is 69.7 Å². The van der Waals surface area contributed by atoms with Crippen molar-refractivity contribution in [1.82, 2.24) is 9.55 Å². The second-order valence-electron chi connectivity index (χ2n) is 9.37. The lowest BCUT2D eigenvalue weighted by atomic mass is 10.1. The Morgan fingerprint density at radius 3 is 2.57 bits per heavy atom. The van der Waals surface area contributed by atoms with Crippen LogP contribution in [0.5, 0.6) is 0 Å². The van der Waals surface area contributed by atoms with Crippen LogP contribution in [0.2, 0.25) is 0 Å². The van der Waals surface area contributed by atoms with Crippen molar-refractivity contribution in [3.8, 4) is 17.3 Å². The standard InChI is InChI=1S/C27H24FN5O2S2/c1-31(27-30-25(24(15-29)36-27)17-2-4-18(28)5-3-17)23-16-33(19-6-7-19)26(34)21-9-8-20(14-22(21)23)32-10-12-37(35)13-11-32/h2-5,8-9,14,16,19H,6-7,10-13H2,1H3. The lowest BCUT2D eigenvalue weighted by molar-refractivity contribution is 0.586. The Hall–Kier alpha value is -3.39. The molecular weight excluding hydrogens is 509 g/mol. The maximum atomic E-state index is 13.5. The van der Waals surface area contributed by atoms with E-state index >= 15 is 0 Å². The van der Waals surface area contributed by atoms with Crippen LogP contribution in [-0.4, -0.2) is 45.7 Å². The largest absolute Gasteiger partial charge is 0.616 e. The Bertz CT molecular complexity index is 1580. The fourth-order valence-electron chi connectivity index (χ4n) is 4.75. The van der Waals surface area contributed by atoms with Crippen LogP contribution in [0.4, 0.5) is 20.9 Å². The molecule has 0 radical (unpaired) electrons. The van der Waals surface area contributed by atoms with E-state index in [9.17, 15) is 19.0 Å². The number of anilines is 3. The molecule has 3 heterocycles. The fourth-order valence-corrected chi connectivity index (χ4v) is 6.66. The van der Waals surface area contributed by atoms with E-state index < -0.39 is 11.2 Å². The van der Waals surface area contributed by atoms with Crippen LogP contribution in [0.25, 0.3) is 22.0 Å². The van der Waals surface area contributed by atoms with E-state index in [0.717, 1.165) is 29.6 Å². The molecule has 0 atom stereocenters. The van der Waals surface area contributed by atoms with Crippen LogP contribution < -0.4 is 15.4 Å². The second kappa shape index (κ2) is 9.49. The quantitative estimate of drug-likeness (QED) is 0.342. The normalized spacial score (nSPS) is 16.2. The predicted octanol–water partition coefficient (Wildman–Crippen LogP) is 4.81.